The van der Waals surface area contributed by atoms with Crippen LogP contribution in [0.2, 0.25) is 0 Å². The van der Waals surface area contributed by atoms with Crippen LogP contribution in [0.25, 0.3) is 11.0 Å². The summed E-state index contributed by atoms with van der Waals surface area (Å²) in [5.41, 5.74) is 1.90. The first-order valence-electron chi connectivity index (χ1n) is 14.1. The summed E-state index contributed by atoms with van der Waals surface area (Å²) in [5, 5.41) is 18.5. The molecule has 1 N–H and O–H groups in total. The summed E-state index contributed by atoms with van der Waals surface area (Å²) in [7, 11) is 0. The number of aromatic carboxylic acids is 1. The van der Waals surface area contributed by atoms with E-state index in [2.05, 4.69) is 4.90 Å². The highest BCUT2D eigenvalue weighted by Gasteiger charge is 2.37. The number of rotatable bonds is 8. The second-order valence-corrected chi connectivity index (χ2v) is 11.1. The van der Waals surface area contributed by atoms with E-state index >= 15 is 0 Å². The number of carboxylic acid groups (broad SMARTS) is 1. The Kier molecular flexibility index (Phi) is 7.77. The zero-order valence-electron chi connectivity index (χ0n) is 23.7. The molecule has 0 unspecified atom stereocenters. The minimum Gasteiger partial charge on any atom is -0.488 e. The van der Waals surface area contributed by atoms with Crippen LogP contribution in [0.5, 0.6) is 5.75 Å². The number of benzene rings is 3. The zero-order valence-corrected chi connectivity index (χ0v) is 23.7. The molecule has 0 amide bonds. The lowest BCUT2D eigenvalue weighted by atomic mass is 9.91. The number of carboxylic acids is 1. The van der Waals surface area contributed by atoms with Crippen LogP contribution in [0, 0.1) is 17.1 Å². The van der Waals surface area contributed by atoms with Gasteiger partial charge in [0.25, 0.3) is 0 Å². The molecule has 8 nitrogen and oxygen atoms in total. The third-order valence-corrected chi connectivity index (χ3v) is 8.38. The molecule has 1 aromatic heterocycles. The standard InChI is InChI=1S/C32H28F4N4O4/c1-18-24-13-29(44-17-22-3-2-19(14-37)10-26(22)33)25(32(34,35)36)11-20(24)6-8-39(18)16-30-38-27-5-4-21(31(41)42)12-28(27)40(30)15-23-7-9-43-23/h2-5,10-13,18,23H,6-9,15-17H2,1H3,(H,41,42)/t18-,23-/m0/s1. The van der Waals surface area contributed by atoms with Crippen LogP contribution in [0.15, 0.2) is 48.5 Å². The molecule has 0 radical (unpaired) electrons. The van der Waals surface area contributed by atoms with Gasteiger partial charge in [-0.2, -0.15) is 18.4 Å². The number of halogens is 4. The summed E-state index contributed by atoms with van der Waals surface area (Å²) in [4.78, 5) is 18.5. The van der Waals surface area contributed by atoms with Crippen LogP contribution >= 0.6 is 0 Å². The van der Waals surface area contributed by atoms with Gasteiger partial charge >= 0.3 is 12.1 Å². The molecule has 44 heavy (non-hydrogen) atoms. The Hall–Kier alpha value is -4.47. The zero-order chi connectivity index (χ0) is 31.2. The van der Waals surface area contributed by atoms with Gasteiger partial charge in [0.2, 0.25) is 0 Å². The molecule has 3 heterocycles. The predicted molar refractivity (Wildman–Crippen MR) is 150 cm³/mol. The van der Waals surface area contributed by atoms with Crippen molar-refractivity contribution < 1.29 is 36.9 Å². The molecule has 0 spiro atoms. The molecule has 1 saturated heterocycles. The van der Waals surface area contributed by atoms with Gasteiger partial charge in [0.1, 0.15) is 24.0 Å². The van der Waals surface area contributed by atoms with Crippen molar-refractivity contribution in [2.45, 2.75) is 57.8 Å². The number of hydrogen-bond donors (Lipinski definition) is 1. The fourth-order valence-corrected chi connectivity index (χ4v) is 5.79. The molecule has 2 aliphatic rings. The van der Waals surface area contributed by atoms with Crippen molar-refractivity contribution in [3.8, 4) is 11.8 Å². The summed E-state index contributed by atoms with van der Waals surface area (Å²) < 4.78 is 69.9. The Balaban J connectivity index is 1.30. The lowest BCUT2D eigenvalue weighted by Crippen LogP contribution is -2.36. The van der Waals surface area contributed by atoms with E-state index in [1.807, 2.05) is 17.6 Å². The van der Waals surface area contributed by atoms with Crippen LogP contribution < -0.4 is 4.74 Å². The third kappa shape index (κ3) is 5.73. The summed E-state index contributed by atoms with van der Waals surface area (Å²) in [6.07, 6.45) is -3.46. The molecule has 2 aliphatic heterocycles. The van der Waals surface area contributed by atoms with Gasteiger partial charge in [-0.25, -0.2) is 14.2 Å². The number of fused-ring (bicyclic) bond motifs is 2. The van der Waals surface area contributed by atoms with E-state index in [9.17, 15) is 27.5 Å². The average Bonchev–Trinajstić information content (AvgIpc) is 3.30. The Morgan fingerprint density at radius 1 is 1.20 bits per heavy atom. The third-order valence-electron chi connectivity index (χ3n) is 8.38. The molecule has 3 aromatic carbocycles. The van der Waals surface area contributed by atoms with Gasteiger partial charge in [0, 0.05) is 24.8 Å². The number of aromatic nitrogens is 2. The van der Waals surface area contributed by atoms with Crippen molar-refractivity contribution in [3.05, 3.63) is 93.6 Å². The van der Waals surface area contributed by atoms with Crippen molar-refractivity contribution in [3.63, 3.8) is 0 Å². The Labute approximate surface area is 250 Å². The van der Waals surface area contributed by atoms with Crippen LogP contribution in [-0.4, -0.2) is 44.8 Å². The first-order valence-corrected chi connectivity index (χ1v) is 14.1. The van der Waals surface area contributed by atoms with Crippen LogP contribution in [0.1, 0.15) is 63.4 Å². The predicted octanol–water partition coefficient (Wildman–Crippen LogP) is 6.25. The topological polar surface area (TPSA) is 101 Å². The van der Waals surface area contributed by atoms with Gasteiger partial charge in [0.15, 0.2) is 0 Å². The molecular formula is C32H28F4N4O4. The van der Waals surface area contributed by atoms with Crippen molar-refractivity contribution >= 4 is 17.0 Å². The van der Waals surface area contributed by atoms with E-state index in [-0.39, 0.29) is 28.8 Å². The van der Waals surface area contributed by atoms with Gasteiger partial charge in [-0.1, -0.05) is 6.07 Å². The fourth-order valence-electron chi connectivity index (χ4n) is 5.79. The normalized spacial score (nSPS) is 18.5. The van der Waals surface area contributed by atoms with E-state index in [1.54, 1.807) is 12.1 Å². The number of carbonyl (C=O) groups is 1. The van der Waals surface area contributed by atoms with E-state index in [0.29, 0.717) is 60.6 Å². The minimum absolute atomic E-state index is 0.0134. The van der Waals surface area contributed by atoms with E-state index in [4.69, 9.17) is 19.7 Å². The number of alkyl halides is 3. The molecule has 0 bridgehead atoms. The molecule has 0 saturated carbocycles. The van der Waals surface area contributed by atoms with Gasteiger partial charge in [-0.05, 0) is 73.4 Å². The summed E-state index contributed by atoms with van der Waals surface area (Å²) >= 11 is 0. The second-order valence-electron chi connectivity index (χ2n) is 11.1. The fraction of sp³-hybridized carbons (Fsp3) is 0.344. The molecule has 2 atom stereocenters. The SMILES string of the molecule is C[C@H]1c2cc(OCc3ccc(C#N)cc3F)c(C(F)(F)F)cc2CCN1Cc1nc2ccc(C(=O)O)cc2n1C[C@@H]1CCO1. The van der Waals surface area contributed by atoms with Crippen molar-refractivity contribution in [2.24, 2.45) is 0 Å². The monoisotopic (exact) mass is 608 g/mol. The number of nitrogens with zero attached hydrogens (tertiary/aromatic N) is 4. The van der Waals surface area contributed by atoms with Crippen molar-refractivity contribution in [1.82, 2.24) is 14.5 Å². The summed E-state index contributed by atoms with van der Waals surface area (Å²) in [6, 6.07) is 12.5. The molecule has 228 valence electrons. The van der Waals surface area contributed by atoms with Gasteiger partial charge in [-0.15, -0.1) is 0 Å². The molecule has 4 aromatic rings. The Bertz CT molecular complexity index is 1790. The lowest BCUT2D eigenvalue weighted by molar-refractivity contribution is -0.139. The maximum Gasteiger partial charge on any atom is 0.419 e. The van der Waals surface area contributed by atoms with Crippen LogP contribution in [0.4, 0.5) is 17.6 Å². The second kappa shape index (κ2) is 11.6. The Morgan fingerprint density at radius 3 is 2.66 bits per heavy atom. The number of imidazole rings is 1. The Morgan fingerprint density at radius 2 is 2.00 bits per heavy atom. The highest BCUT2D eigenvalue weighted by molar-refractivity contribution is 5.92. The van der Waals surface area contributed by atoms with E-state index in [1.165, 1.54) is 24.3 Å². The highest BCUT2D eigenvalue weighted by atomic mass is 19.4. The van der Waals surface area contributed by atoms with Gasteiger partial charge in [-0.3, -0.25) is 4.90 Å². The number of hydrogen-bond acceptors (Lipinski definition) is 6. The first-order chi connectivity index (χ1) is 21.0. The molecule has 6 rings (SSSR count). The quantitative estimate of drug-likeness (QED) is 0.236. The van der Waals surface area contributed by atoms with Gasteiger partial charge in [0.05, 0.1) is 53.0 Å². The molecule has 12 heteroatoms. The van der Waals surface area contributed by atoms with Crippen molar-refractivity contribution in [1.29, 1.82) is 5.26 Å². The minimum atomic E-state index is -4.68. The molecule has 1 fully saturated rings. The van der Waals surface area contributed by atoms with Crippen molar-refractivity contribution in [2.75, 3.05) is 13.2 Å². The smallest absolute Gasteiger partial charge is 0.419 e. The van der Waals surface area contributed by atoms with E-state index < -0.39 is 35.9 Å². The van der Waals surface area contributed by atoms with E-state index in [0.717, 1.165) is 18.6 Å². The molecular weight excluding hydrogens is 580 g/mol. The maximum atomic E-state index is 14.4. The maximum absolute atomic E-state index is 14.4. The summed E-state index contributed by atoms with van der Waals surface area (Å²) in [5.74, 6) is -1.47. The lowest BCUT2D eigenvalue weighted by Gasteiger charge is -2.36. The average molecular weight is 609 g/mol. The number of nitriles is 1. The largest absolute Gasteiger partial charge is 0.488 e. The highest BCUT2D eigenvalue weighted by Crippen LogP contribution is 2.42. The first kappa shape index (κ1) is 29.6. The number of ether oxygens (including phenoxy) is 2. The van der Waals surface area contributed by atoms with Gasteiger partial charge < -0.3 is 19.1 Å². The summed E-state index contributed by atoms with van der Waals surface area (Å²) in [6.45, 7) is 3.48. The van der Waals surface area contributed by atoms with Crippen LogP contribution in [0.3, 0.4) is 0 Å². The van der Waals surface area contributed by atoms with Crippen LogP contribution in [-0.2, 0) is 37.0 Å². The molecule has 0 aliphatic carbocycles.